The molecule has 138 valence electrons. The number of H-pyrrole nitrogens is 1. The first-order valence-corrected chi connectivity index (χ1v) is 10.0. The van der Waals surface area contributed by atoms with Crippen LogP contribution in [0.5, 0.6) is 5.75 Å². The molecule has 26 heavy (non-hydrogen) atoms. The Bertz CT molecular complexity index is 1050. The van der Waals surface area contributed by atoms with Gasteiger partial charge in [0.2, 0.25) is 10.0 Å². The number of aromatic nitrogens is 1. The summed E-state index contributed by atoms with van der Waals surface area (Å²) in [5.41, 5.74) is 4.84. The third-order valence-corrected chi connectivity index (χ3v) is 6.23. The summed E-state index contributed by atoms with van der Waals surface area (Å²) in [5, 5.41) is 1.06. The average Bonchev–Trinajstić information content (AvgIpc) is 2.91. The lowest BCUT2D eigenvalue weighted by Gasteiger charge is -2.10. The monoisotopic (exact) mass is 372 g/mol. The van der Waals surface area contributed by atoms with E-state index in [0.29, 0.717) is 17.9 Å². The predicted octanol–water partition coefficient (Wildman–Crippen LogP) is 3.62. The zero-order chi connectivity index (χ0) is 18.9. The Hall–Kier alpha value is -2.31. The van der Waals surface area contributed by atoms with Crippen LogP contribution in [0.2, 0.25) is 0 Å². The number of hydrogen-bond donors (Lipinski definition) is 2. The summed E-state index contributed by atoms with van der Waals surface area (Å²) in [6, 6.07) is 11.3. The Morgan fingerprint density at radius 3 is 2.58 bits per heavy atom. The highest BCUT2D eigenvalue weighted by atomic mass is 32.2. The summed E-state index contributed by atoms with van der Waals surface area (Å²) in [7, 11) is -1.89. The number of methoxy groups -OCH3 is 1. The number of rotatable bonds is 6. The quantitative estimate of drug-likeness (QED) is 0.694. The maximum absolute atomic E-state index is 12.6. The Balaban J connectivity index is 1.80. The molecule has 0 saturated carbocycles. The molecule has 2 N–H and O–H groups in total. The van der Waals surface area contributed by atoms with E-state index in [1.807, 2.05) is 51.1 Å². The molecule has 0 fully saturated rings. The maximum atomic E-state index is 12.6. The minimum atomic E-state index is -3.53. The molecule has 5 nitrogen and oxygen atoms in total. The molecule has 0 atom stereocenters. The SMILES string of the molecule is COc1ccc2[nH]c(C)c(CCNS(=O)(=O)c3cc(C)ccc3C)c2c1. The van der Waals surface area contributed by atoms with Crippen molar-refractivity contribution in [1.29, 1.82) is 0 Å². The maximum Gasteiger partial charge on any atom is 0.240 e. The van der Waals surface area contributed by atoms with E-state index in [0.717, 1.165) is 39.0 Å². The normalized spacial score (nSPS) is 11.8. The van der Waals surface area contributed by atoms with Crippen molar-refractivity contribution >= 4 is 20.9 Å². The van der Waals surface area contributed by atoms with Gasteiger partial charge in [0.05, 0.1) is 12.0 Å². The van der Waals surface area contributed by atoms with Gasteiger partial charge in [-0.15, -0.1) is 0 Å². The standard InChI is InChI=1S/C20H24N2O3S/c1-13-5-6-14(2)20(11-13)26(23,24)21-10-9-17-15(3)22-19-8-7-16(25-4)12-18(17)19/h5-8,11-12,21-22H,9-10H2,1-4H3. The average molecular weight is 372 g/mol. The van der Waals surface area contributed by atoms with Crippen molar-refractivity contribution in [2.45, 2.75) is 32.1 Å². The van der Waals surface area contributed by atoms with Crippen LogP contribution in [0.4, 0.5) is 0 Å². The Labute approximate surface area is 154 Å². The molecule has 1 heterocycles. The van der Waals surface area contributed by atoms with Crippen LogP contribution in [0, 0.1) is 20.8 Å². The molecule has 2 aromatic carbocycles. The van der Waals surface area contributed by atoms with Crippen LogP contribution < -0.4 is 9.46 Å². The van der Waals surface area contributed by atoms with Gasteiger partial charge >= 0.3 is 0 Å². The summed E-state index contributed by atoms with van der Waals surface area (Å²) in [5.74, 6) is 0.786. The molecule has 0 bridgehead atoms. The second kappa shape index (κ2) is 7.13. The molecule has 1 aromatic heterocycles. The topological polar surface area (TPSA) is 71.2 Å². The van der Waals surface area contributed by atoms with Crippen molar-refractivity contribution < 1.29 is 13.2 Å². The van der Waals surface area contributed by atoms with Crippen LogP contribution in [0.25, 0.3) is 10.9 Å². The van der Waals surface area contributed by atoms with Gasteiger partial charge in [-0.3, -0.25) is 0 Å². The minimum Gasteiger partial charge on any atom is -0.497 e. The van der Waals surface area contributed by atoms with E-state index in [9.17, 15) is 8.42 Å². The first-order chi connectivity index (χ1) is 12.3. The minimum absolute atomic E-state index is 0.334. The third-order valence-electron chi connectivity index (χ3n) is 4.63. The number of aryl methyl sites for hydroxylation is 3. The summed E-state index contributed by atoms with van der Waals surface area (Å²) in [6.45, 7) is 6.03. The highest BCUT2D eigenvalue weighted by Crippen LogP contribution is 2.26. The van der Waals surface area contributed by atoms with Gasteiger partial charge in [-0.2, -0.15) is 0 Å². The van der Waals surface area contributed by atoms with Gasteiger partial charge in [0.25, 0.3) is 0 Å². The number of sulfonamides is 1. The van der Waals surface area contributed by atoms with Crippen molar-refractivity contribution in [3.05, 3.63) is 58.8 Å². The molecule has 0 saturated heterocycles. The highest BCUT2D eigenvalue weighted by Gasteiger charge is 2.17. The summed E-state index contributed by atoms with van der Waals surface area (Å²) in [4.78, 5) is 3.68. The van der Waals surface area contributed by atoms with Crippen molar-refractivity contribution in [2.75, 3.05) is 13.7 Å². The fourth-order valence-corrected chi connectivity index (χ4v) is 4.55. The van der Waals surface area contributed by atoms with Crippen molar-refractivity contribution in [3.8, 4) is 5.75 Å². The van der Waals surface area contributed by atoms with Crippen LogP contribution in [0.3, 0.4) is 0 Å². The van der Waals surface area contributed by atoms with E-state index in [1.165, 1.54) is 0 Å². The molecule has 0 radical (unpaired) electrons. The van der Waals surface area contributed by atoms with Gasteiger partial charge in [0.1, 0.15) is 5.75 Å². The fourth-order valence-electron chi connectivity index (χ4n) is 3.20. The molecular weight excluding hydrogens is 348 g/mol. The smallest absolute Gasteiger partial charge is 0.240 e. The predicted molar refractivity (Wildman–Crippen MR) is 104 cm³/mol. The van der Waals surface area contributed by atoms with E-state index < -0.39 is 10.0 Å². The number of fused-ring (bicyclic) bond motifs is 1. The molecule has 0 aliphatic heterocycles. The molecule has 6 heteroatoms. The second-order valence-electron chi connectivity index (χ2n) is 6.56. The van der Waals surface area contributed by atoms with E-state index >= 15 is 0 Å². The lowest BCUT2D eigenvalue weighted by atomic mass is 10.1. The molecular formula is C20H24N2O3S. The van der Waals surface area contributed by atoms with Gasteiger partial charge in [-0.25, -0.2) is 13.1 Å². The van der Waals surface area contributed by atoms with Gasteiger partial charge in [0.15, 0.2) is 0 Å². The lowest BCUT2D eigenvalue weighted by molar-refractivity contribution is 0.415. The summed E-state index contributed by atoms with van der Waals surface area (Å²) >= 11 is 0. The first kappa shape index (κ1) is 18.5. The van der Waals surface area contributed by atoms with Crippen molar-refractivity contribution in [1.82, 2.24) is 9.71 Å². The van der Waals surface area contributed by atoms with E-state index in [1.54, 1.807) is 13.2 Å². The molecule has 0 unspecified atom stereocenters. The highest BCUT2D eigenvalue weighted by molar-refractivity contribution is 7.89. The fraction of sp³-hybridized carbons (Fsp3) is 0.300. The van der Waals surface area contributed by atoms with E-state index in [-0.39, 0.29) is 0 Å². The molecule has 3 rings (SSSR count). The molecule has 3 aromatic rings. The number of benzene rings is 2. The first-order valence-electron chi connectivity index (χ1n) is 8.54. The zero-order valence-corrected chi connectivity index (χ0v) is 16.3. The summed E-state index contributed by atoms with van der Waals surface area (Å²) < 4.78 is 33.3. The lowest BCUT2D eigenvalue weighted by Crippen LogP contribution is -2.26. The second-order valence-corrected chi connectivity index (χ2v) is 8.29. The van der Waals surface area contributed by atoms with Crippen molar-refractivity contribution in [3.63, 3.8) is 0 Å². The molecule has 0 aliphatic rings. The van der Waals surface area contributed by atoms with E-state index in [4.69, 9.17) is 4.74 Å². The van der Waals surface area contributed by atoms with Crippen LogP contribution in [-0.2, 0) is 16.4 Å². The third kappa shape index (κ3) is 3.61. The molecule has 0 aliphatic carbocycles. The van der Waals surface area contributed by atoms with Gasteiger partial charge < -0.3 is 9.72 Å². The van der Waals surface area contributed by atoms with Gasteiger partial charge in [-0.1, -0.05) is 12.1 Å². The Morgan fingerprint density at radius 1 is 1.08 bits per heavy atom. The van der Waals surface area contributed by atoms with Crippen LogP contribution in [-0.4, -0.2) is 27.1 Å². The summed E-state index contributed by atoms with van der Waals surface area (Å²) in [6.07, 6.45) is 0.600. The van der Waals surface area contributed by atoms with Crippen LogP contribution in [0.15, 0.2) is 41.3 Å². The largest absolute Gasteiger partial charge is 0.497 e. The van der Waals surface area contributed by atoms with Gasteiger partial charge in [-0.05, 0) is 68.1 Å². The van der Waals surface area contributed by atoms with Crippen LogP contribution in [0.1, 0.15) is 22.4 Å². The number of hydrogen-bond acceptors (Lipinski definition) is 3. The van der Waals surface area contributed by atoms with Crippen LogP contribution >= 0.6 is 0 Å². The zero-order valence-electron chi connectivity index (χ0n) is 15.5. The number of aromatic amines is 1. The van der Waals surface area contributed by atoms with Crippen molar-refractivity contribution in [2.24, 2.45) is 0 Å². The number of nitrogens with one attached hydrogen (secondary N) is 2. The molecule has 0 amide bonds. The Kier molecular flexibility index (Phi) is 5.07. The molecule has 0 spiro atoms. The van der Waals surface area contributed by atoms with Gasteiger partial charge in [0, 0.05) is 23.1 Å². The van der Waals surface area contributed by atoms with E-state index in [2.05, 4.69) is 9.71 Å². The number of ether oxygens (including phenoxy) is 1. The Morgan fingerprint density at radius 2 is 1.85 bits per heavy atom.